The number of halogens is 1. The molecule has 1 aliphatic rings. The summed E-state index contributed by atoms with van der Waals surface area (Å²) in [5, 5.41) is 13.1. The van der Waals surface area contributed by atoms with Crippen LogP contribution in [0, 0.1) is 5.82 Å². The van der Waals surface area contributed by atoms with E-state index in [4.69, 9.17) is 13.9 Å². The lowest BCUT2D eigenvalue weighted by Gasteiger charge is -2.44. The van der Waals surface area contributed by atoms with E-state index >= 15 is 0 Å². The van der Waals surface area contributed by atoms with Gasteiger partial charge in [0.1, 0.15) is 29.3 Å². The number of amides is 1. The number of carboxylic acid groups (broad SMARTS) is 1. The van der Waals surface area contributed by atoms with Gasteiger partial charge in [-0.2, -0.15) is 0 Å². The molecule has 4 aromatic rings. The first kappa shape index (κ1) is 24.5. The molecular weight excluding hydrogens is 479 g/mol. The van der Waals surface area contributed by atoms with E-state index in [9.17, 15) is 19.1 Å². The highest BCUT2D eigenvalue weighted by atomic mass is 19.1. The summed E-state index contributed by atoms with van der Waals surface area (Å²) >= 11 is 0. The van der Waals surface area contributed by atoms with Crippen LogP contribution in [0.2, 0.25) is 0 Å². The third-order valence-corrected chi connectivity index (χ3v) is 6.40. The van der Waals surface area contributed by atoms with Gasteiger partial charge in [-0.15, -0.1) is 0 Å². The van der Waals surface area contributed by atoms with Crippen molar-refractivity contribution in [2.24, 2.45) is 0 Å². The summed E-state index contributed by atoms with van der Waals surface area (Å²) in [6, 6.07) is 18.6. The molecule has 1 saturated heterocycles. The van der Waals surface area contributed by atoms with E-state index in [0.717, 1.165) is 5.39 Å². The zero-order chi connectivity index (χ0) is 25.9. The third kappa shape index (κ3) is 5.04. The first-order valence-corrected chi connectivity index (χ1v) is 11.8. The van der Waals surface area contributed by atoms with Crippen molar-refractivity contribution in [1.29, 1.82) is 0 Å². The number of furan rings is 1. The van der Waals surface area contributed by atoms with Gasteiger partial charge < -0.3 is 24.3 Å². The van der Waals surface area contributed by atoms with Crippen LogP contribution in [0.1, 0.15) is 33.8 Å². The fourth-order valence-corrected chi connectivity index (χ4v) is 4.62. The summed E-state index contributed by atoms with van der Waals surface area (Å²) < 4.78 is 31.6. The Balaban J connectivity index is 1.59. The molecule has 9 heteroatoms. The van der Waals surface area contributed by atoms with Crippen LogP contribution in [0.5, 0.6) is 5.75 Å². The average Bonchev–Trinajstić information content (AvgIpc) is 3.39. The number of hydrogen-bond acceptors (Lipinski definition) is 6. The van der Waals surface area contributed by atoms with Gasteiger partial charge in [-0.1, -0.05) is 24.3 Å². The maximum atomic E-state index is 13.6. The summed E-state index contributed by atoms with van der Waals surface area (Å²) in [4.78, 5) is 26.8. The maximum Gasteiger partial charge on any atom is 0.335 e. The van der Waals surface area contributed by atoms with Crippen LogP contribution in [0.3, 0.4) is 0 Å². The average molecular weight is 505 g/mol. The Labute approximate surface area is 212 Å². The van der Waals surface area contributed by atoms with E-state index in [2.05, 4.69) is 5.32 Å². The number of carboxylic acids is 1. The number of rotatable bonds is 7. The molecule has 0 aliphatic carbocycles. The highest BCUT2D eigenvalue weighted by molar-refractivity contribution is 5.87. The number of carbonyl (C=O) groups excluding carboxylic acids is 1. The summed E-state index contributed by atoms with van der Waals surface area (Å²) in [6.07, 6.45) is 0.0382. The molecule has 1 amide bonds. The monoisotopic (exact) mass is 504 g/mol. The number of ether oxygens (including phenoxy) is 2. The largest absolute Gasteiger partial charge is 0.478 e. The van der Waals surface area contributed by atoms with Crippen molar-refractivity contribution in [2.75, 3.05) is 20.2 Å². The molecule has 5 rings (SSSR count). The van der Waals surface area contributed by atoms with Crippen LogP contribution < -0.4 is 10.1 Å². The van der Waals surface area contributed by atoms with Crippen molar-refractivity contribution >= 4 is 22.8 Å². The van der Waals surface area contributed by atoms with Crippen molar-refractivity contribution in [3.05, 3.63) is 102 Å². The highest BCUT2D eigenvalue weighted by Crippen LogP contribution is 2.37. The standard InChI is InChI=1S/C28H25FN2O6/c1-30-26(32)24-25(17-5-7-21(29)8-6-17)36-14-12-31(24)27(19-3-2-4-20(15-19)28(33)34)37-22-9-10-23-18(16-22)11-13-35-23/h2-11,13,15-16,24-25,27H,12,14H2,1H3,(H,30,32)(H,33,34). The van der Waals surface area contributed by atoms with Gasteiger partial charge in [0.15, 0.2) is 6.23 Å². The molecule has 0 saturated carbocycles. The number of aromatic carboxylic acids is 1. The molecule has 8 nitrogen and oxygen atoms in total. The zero-order valence-corrected chi connectivity index (χ0v) is 20.0. The summed E-state index contributed by atoms with van der Waals surface area (Å²) in [5.74, 6) is -1.27. The predicted octanol–water partition coefficient (Wildman–Crippen LogP) is 4.54. The second-order valence-corrected chi connectivity index (χ2v) is 8.66. The van der Waals surface area contributed by atoms with Gasteiger partial charge in [0, 0.05) is 24.5 Å². The number of nitrogens with one attached hydrogen (secondary N) is 1. The predicted molar refractivity (Wildman–Crippen MR) is 133 cm³/mol. The first-order chi connectivity index (χ1) is 17.9. The Bertz CT molecular complexity index is 1420. The number of carbonyl (C=O) groups is 2. The molecule has 1 fully saturated rings. The van der Waals surface area contributed by atoms with Gasteiger partial charge in [0.2, 0.25) is 5.91 Å². The molecule has 190 valence electrons. The molecule has 3 atom stereocenters. The molecule has 0 bridgehead atoms. The number of morpholine rings is 1. The van der Waals surface area contributed by atoms with Crippen LogP contribution in [0.15, 0.2) is 83.5 Å². The lowest BCUT2D eigenvalue weighted by molar-refractivity contribution is -0.156. The minimum Gasteiger partial charge on any atom is -0.478 e. The molecule has 1 aromatic heterocycles. The molecular formula is C28H25FN2O6. The number of nitrogens with zero attached hydrogens (tertiary/aromatic N) is 1. The minimum absolute atomic E-state index is 0.0937. The zero-order valence-electron chi connectivity index (χ0n) is 20.0. The summed E-state index contributed by atoms with van der Waals surface area (Å²) in [7, 11) is 1.53. The van der Waals surface area contributed by atoms with Crippen LogP contribution in [-0.2, 0) is 9.53 Å². The molecule has 1 aliphatic heterocycles. The van der Waals surface area contributed by atoms with E-state index in [1.165, 1.54) is 31.3 Å². The number of fused-ring (bicyclic) bond motifs is 1. The number of likely N-dealkylation sites (N-methyl/N-ethyl adjacent to an activating group) is 1. The molecule has 0 radical (unpaired) electrons. The molecule has 0 spiro atoms. The molecule has 2 N–H and O–H groups in total. The molecule has 2 heterocycles. The van der Waals surface area contributed by atoms with Gasteiger partial charge in [-0.25, -0.2) is 14.1 Å². The lowest BCUT2D eigenvalue weighted by atomic mass is 9.96. The van der Waals surface area contributed by atoms with Gasteiger partial charge in [0.05, 0.1) is 18.4 Å². The van der Waals surface area contributed by atoms with Crippen molar-refractivity contribution in [3.8, 4) is 5.75 Å². The second-order valence-electron chi connectivity index (χ2n) is 8.66. The van der Waals surface area contributed by atoms with Gasteiger partial charge >= 0.3 is 5.97 Å². The normalized spacial score (nSPS) is 18.9. The van der Waals surface area contributed by atoms with Crippen molar-refractivity contribution in [2.45, 2.75) is 18.4 Å². The Hall–Kier alpha value is -4.21. The van der Waals surface area contributed by atoms with Crippen LogP contribution in [0.25, 0.3) is 11.0 Å². The van der Waals surface area contributed by atoms with Crippen LogP contribution in [-0.4, -0.2) is 48.1 Å². The SMILES string of the molecule is CNC(=O)C1C(c2ccc(F)cc2)OCCN1C(Oc1ccc2occc2c1)c1cccc(C(=O)O)c1. The van der Waals surface area contributed by atoms with Crippen molar-refractivity contribution < 1.29 is 33.0 Å². The summed E-state index contributed by atoms with van der Waals surface area (Å²) in [6.45, 7) is 0.598. The Morgan fingerprint density at radius 3 is 2.68 bits per heavy atom. The van der Waals surface area contributed by atoms with Gasteiger partial charge in [-0.3, -0.25) is 4.79 Å². The van der Waals surface area contributed by atoms with Crippen LogP contribution >= 0.6 is 0 Å². The smallest absolute Gasteiger partial charge is 0.335 e. The van der Waals surface area contributed by atoms with E-state index in [1.807, 2.05) is 17.0 Å². The Kier molecular flexibility index (Phi) is 6.89. The third-order valence-electron chi connectivity index (χ3n) is 6.40. The Morgan fingerprint density at radius 1 is 1.11 bits per heavy atom. The first-order valence-electron chi connectivity index (χ1n) is 11.8. The van der Waals surface area contributed by atoms with E-state index in [0.29, 0.717) is 29.0 Å². The molecule has 37 heavy (non-hydrogen) atoms. The molecule has 3 unspecified atom stereocenters. The second kappa shape index (κ2) is 10.4. The van der Waals surface area contributed by atoms with E-state index in [1.54, 1.807) is 42.7 Å². The minimum atomic E-state index is -1.07. The van der Waals surface area contributed by atoms with Gasteiger partial charge in [0.25, 0.3) is 0 Å². The molecule has 3 aromatic carbocycles. The highest BCUT2D eigenvalue weighted by Gasteiger charge is 2.43. The van der Waals surface area contributed by atoms with Crippen molar-refractivity contribution in [3.63, 3.8) is 0 Å². The fraction of sp³-hybridized carbons (Fsp3) is 0.214. The van der Waals surface area contributed by atoms with Gasteiger partial charge in [-0.05, 0) is 54.1 Å². The Morgan fingerprint density at radius 2 is 1.92 bits per heavy atom. The number of benzene rings is 3. The topological polar surface area (TPSA) is 101 Å². The lowest BCUT2D eigenvalue weighted by Crippen LogP contribution is -2.56. The van der Waals surface area contributed by atoms with E-state index in [-0.39, 0.29) is 18.1 Å². The summed E-state index contributed by atoms with van der Waals surface area (Å²) in [5.41, 5.74) is 1.98. The quantitative estimate of drug-likeness (QED) is 0.381. The van der Waals surface area contributed by atoms with Crippen LogP contribution in [0.4, 0.5) is 4.39 Å². The number of hydrogen-bond donors (Lipinski definition) is 2. The maximum absolute atomic E-state index is 13.6. The fourth-order valence-electron chi connectivity index (χ4n) is 4.62. The van der Waals surface area contributed by atoms with E-state index < -0.39 is 30.2 Å². The van der Waals surface area contributed by atoms with Crippen molar-refractivity contribution in [1.82, 2.24) is 10.2 Å².